The second-order valence-corrected chi connectivity index (χ2v) is 7.20. The van der Waals surface area contributed by atoms with E-state index in [9.17, 15) is 0 Å². The Balaban J connectivity index is 1.17. The van der Waals surface area contributed by atoms with E-state index in [1.54, 1.807) is 12.4 Å². The Hall–Kier alpha value is -2.70. The van der Waals surface area contributed by atoms with Crippen LogP contribution in [0.2, 0.25) is 0 Å². The Labute approximate surface area is 152 Å². The first-order valence-electron chi connectivity index (χ1n) is 9.36. The number of ether oxygens (including phenoxy) is 1. The second kappa shape index (κ2) is 6.55. The summed E-state index contributed by atoms with van der Waals surface area (Å²) in [4.78, 5) is 15.5. The van der Waals surface area contributed by atoms with Crippen molar-refractivity contribution in [3.05, 3.63) is 42.5 Å². The van der Waals surface area contributed by atoms with E-state index in [1.807, 2.05) is 28.9 Å². The van der Waals surface area contributed by atoms with E-state index < -0.39 is 0 Å². The number of anilines is 1. The molecule has 7 heteroatoms. The third-order valence-corrected chi connectivity index (χ3v) is 5.23. The van der Waals surface area contributed by atoms with Crippen LogP contribution < -0.4 is 9.64 Å². The van der Waals surface area contributed by atoms with Crippen LogP contribution in [-0.2, 0) is 0 Å². The summed E-state index contributed by atoms with van der Waals surface area (Å²) in [5.41, 5.74) is 2.06. The Kier molecular flexibility index (Phi) is 3.92. The molecule has 4 heterocycles. The van der Waals surface area contributed by atoms with Crippen LogP contribution in [0.1, 0.15) is 37.3 Å². The molecule has 0 N–H and O–H groups in total. The van der Waals surface area contributed by atoms with Gasteiger partial charge in [0.25, 0.3) is 0 Å². The summed E-state index contributed by atoms with van der Waals surface area (Å²) in [5, 5.41) is 4.55. The quantitative estimate of drug-likeness (QED) is 0.705. The predicted molar refractivity (Wildman–Crippen MR) is 97.4 cm³/mol. The minimum Gasteiger partial charge on any atom is -0.476 e. The van der Waals surface area contributed by atoms with Crippen LogP contribution in [0.15, 0.2) is 36.8 Å². The van der Waals surface area contributed by atoms with Gasteiger partial charge in [0.05, 0.1) is 18.5 Å². The molecule has 5 rings (SSSR count). The van der Waals surface area contributed by atoms with Crippen molar-refractivity contribution in [2.75, 3.05) is 24.6 Å². The molecule has 0 spiro atoms. The maximum Gasteiger partial charge on any atom is 0.231 e. The molecule has 0 radical (unpaired) electrons. The standard InChI is InChI=1S/C19H22N6O/c1-8-20-19(21-9-1)24-10-6-14(7-11-24)13-26-18-5-4-17-22-16(15-2-3-15)12-25(17)23-18/h1,4-5,8-9,12,14-15H,2-3,6-7,10-11,13H2. The van der Waals surface area contributed by atoms with E-state index in [-0.39, 0.29) is 0 Å². The molecule has 2 fully saturated rings. The Morgan fingerprint density at radius 3 is 2.62 bits per heavy atom. The predicted octanol–water partition coefficient (Wildman–Crippen LogP) is 2.69. The topological polar surface area (TPSA) is 68.4 Å². The van der Waals surface area contributed by atoms with E-state index in [4.69, 9.17) is 4.74 Å². The molecule has 0 amide bonds. The van der Waals surface area contributed by atoms with Gasteiger partial charge < -0.3 is 9.64 Å². The van der Waals surface area contributed by atoms with Gasteiger partial charge in [-0.15, -0.1) is 5.10 Å². The average Bonchev–Trinajstić information content (AvgIpc) is 3.46. The van der Waals surface area contributed by atoms with Crippen molar-refractivity contribution in [2.45, 2.75) is 31.6 Å². The molecule has 0 bridgehead atoms. The number of rotatable bonds is 5. The summed E-state index contributed by atoms with van der Waals surface area (Å²) in [7, 11) is 0. The molecule has 0 atom stereocenters. The van der Waals surface area contributed by atoms with Crippen molar-refractivity contribution in [2.24, 2.45) is 5.92 Å². The highest BCUT2D eigenvalue weighted by atomic mass is 16.5. The molecule has 0 unspecified atom stereocenters. The maximum absolute atomic E-state index is 5.97. The third-order valence-electron chi connectivity index (χ3n) is 5.23. The Morgan fingerprint density at radius 1 is 1.04 bits per heavy atom. The lowest BCUT2D eigenvalue weighted by Gasteiger charge is -2.31. The number of hydrogen-bond acceptors (Lipinski definition) is 6. The molecule has 1 saturated heterocycles. The van der Waals surface area contributed by atoms with E-state index >= 15 is 0 Å². The van der Waals surface area contributed by atoms with Crippen LogP contribution in [0.3, 0.4) is 0 Å². The van der Waals surface area contributed by atoms with Crippen LogP contribution in [0.5, 0.6) is 5.88 Å². The van der Waals surface area contributed by atoms with Crippen LogP contribution in [0.4, 0.5) is 5.95 Å². The highest BCUT2D eigenvalue weighted by Crippen LogP contribution is 2.39. The summed E-state index contributed by atoms with van der Waals surface area (Å²) in [5.74, 6) is 2.67. The minimum absolute atomic E-state index is 0.539. The van der Waals surface area contributed by atoms with Gasteiger partial charge in [0.1, 0.15) is 0 Å². The van der Waals surface area contributed by atoms with E-state index in [2.05, 4.69) is 25.0 Å². The van der Waals surface area contributed by atoms with Crippen molar-refractivity contribution in [1.82, 2.24) is 24.6 Å². The van der Waals surface area contributed by atoms with Gasteiger partial charge in [-0.2, -0.15) is 0 Å². The Bertz CT molecular complexity index is 883. The van der Waals surface area contributed by atoms with Crippen LogP contribution in [0, 0.1) is 5.92 Å². The molecular formula is C19H22N6O. The number of aromatic nitrogens is 5. The van der Waals surface area contributed by atoms with Gasteiger partial charge in [-0.25, -0.2) is 19.5 Å². The average molecular weight is 350 g/mol. The zero-order valence-electron chi connectivity index (χ0n) is 14.7. The molecule has 3 aromatic rings. The molecular weight excluding hydrogens is 328 g/mol. The fourth-order valence-corrected chi connectivity index (χ4v) is 3.49. The monoisotopic (exact) mass is 350 g/mol. The highest BCUT2D eigenvalue weighted by molar-refractivity contribution is 5.41. The molecule has 7 nitrogen and oxygen atoms in total. The summed E-state index contributed by atoms with van der Waals surface area (Å²) in [6.07, 6.45) is 10.3. The van der Waals surface area contributed by atoms with Crippen molar-refractivity contribution >= 4 is 11.6 Å². The fraction of sp³-hybridized carbons (Fsp3) is 0.474. The third kappa shape index (κ3) is 3.21. The fourth-order valence-electron chi connectivity index (χ4n) is 3.49. The van der Waals surface area contributed by atoms with Crippen LogP contribution in [0.25, 0.3) is 5.65 Å². The summed E-state index contributed by atoms with van der Waals surface area (Å²) >= 11 is 0. The molecule has 26 heavy (non-hydrogen) atoms. The van der Waals surface area contributed by atoms with E-state index in [1.165, 1.54) is 12.8 Å². The molecule has 3 aromatic heterocycles. The molecule has 0 aromatic carbocycles. The van der Waals surface area contributed by atoms with Gasteiger partial charge in [-0.1, -0.05) is 0 Å². The van der Waals surface area contributed by atoms with Gasteiger partial charge in [-0.3, -0.25) is 0 Å². The van der Waals surface area contributed by atoms with Gasteiger partial charge in [0.2, 0.25) is 11.8 Å². The molecule has 1 saturated carbocycles. The number of hydrogen-bond donors (Lipinski definition) is 0. The van der Waals surface area contributed by atoms with Gasteiger partial charge in [0.15, 0.2) is 5.65 Å². The van der Waals surface area contributed by atoms with Crippen LogP contribution in [-0.4, -0.2) is 44.3 Å². The number of nitrogens with zero attached hydrogens (tertiary/aromatic N) is 6. The summed E-state index contributed by atoms with van der Waals surface area (Å²) in [6.45, 7) is 2.64. The maximum atomic E-state index is 5.97. The van der Waals surface area contributed by atoms with Crippen molar-refractivity contribution in [3.8, 4) is 5.88 Å². The number of piperidine rings is 1. The highest BCUT2D eigenvalue weighted by Gasteiger charge is 2.26. The zero-order valence-corrected chi connectivity index (χ0v) is 14.7. The largest absolute Gasteiger partial charge is 0.476 e. The van der Waals surface area contributed by atoms with Crippen molar-refractivity contribution in [3.63, 3.8) is 0 Å². The molecule has 1 aliphatic heterocycles. The zero-order chi connectivity index (χ0) is 17.3. The minimum atomic E-state index is 0.539. The van der Waals surface area contributed by atoms with Crippen LogP contribution >= 0.6 is 0 Å². The Morgan fingerprint density at radius 2 is 1.85 bits per heavy atom. The number of fused-ring (bicyclic) bond motifs is 1. The van der Waals surface area contributed by atoms with E-state index in [0.717, 1.165) is 43.2 Å². The normalized spacial score (nSPS) is 18.4. The molecule has 2 aliphatic rings. The lowest BCUT2D eigenvalue weighted by atomic mass is 9.98. The van der Waals surface area contributed by atoms with Gasteiger partial charge in [0, 0.05) is 37.5 Å². The van der Waals surface area contributed by atoms with Gasteiger partial charge in [-0.05, 0) is 43.7 Å². The second-order valence-electron chi connectivity index (χ2n) is 7.20. The SMILES string of the molecule is c1cnc(N2CCC(COc3ccc4nc(C5CC5)cn4n3)CC2)nc1. The first-order chi connectivity index (χ1) is 12.8. The van der Waals surface area contributed by atoms with Gasteiger partial charge >= 0.3 is 0 Å². The first kappa shape index (κ1) is 15.5. The lowest BCUT2D eigenvalue weighted by molar-refractivity contribution is 0.213. The summed E-state index contributed by atoms with van der Waals surface area (Å²) in [6, 6.07) is 5.76. The summed E-state index contributed by atoms with van der Waals surface area (Å²) < 4.78 is 7.82. The smallest absolute Gasteiger partial charge is 0.231 e. The lowest BCUT2D eigenvalue weighted by Crippen LogP contribution is -2.36. The number of imidazole rings is 1. The van der Waals surface area contributed by atoms with E-state index in [0.29, 0.717) is 24.3 Å². The molecule has 1 aliphatic carbocycles. The first-order valence-corrected chi connectivity index (χ1v) is 9.36. The van der Waals surface area contributed by atoms with Crippen molar-refractivity contribution in [1.29, 1.82) is 0 Å². The van der Waals surface area contributed by atoms with Crippen molar-refractivity contribution < 1.29 is 4.74 Å². The molecule has 134 valence electrons.